The number of methoxy groups -OCH3 is 1. The van der Waals surface area contributed by atoms with Gasteiger partial charge in [0.1, 0.15) is 0 Å². The van der Waals surface area contributed by atoms with Gasteiger partial charge in [0.25, 0.3) is 10.1 Å². The Morgan fingerprint density at radius 1 is 1.32 bits per heavy atom. The summed E-state index contributed by atoms with van der Waals surface area (Å²) in [5, 5.41) is 10.3. The molecule has 112 valence electrons. The summed E-state index contributed by atoms with van der Waals surface area (Å²) in [6.07, 6.45) is 3.78. The number of carbonyl (C=O) groups is 1. The smallest absolute Gasteiger partial charge is 0.311 e. The molecule has 6 nitrogen and oxygen atoms in total. The number of aliphatic hydroxyl groups excluding tert-OH is 1. The molecule has 1 aliphatic rings. The highest BCUT2D eigenvalue weighted by atomic mass is 32.2. The number of rotatable bonds is 6. The second kappa shape index (κ2) is 7.21. The monoisotopic (exact) mass is 294 g/mol. The lowest BCUT2D eigenvalue weighted by Gasteiger charge is -2.30. The third-order valence-corrected chi connectivity index (χ3v) is 4.49. The van der Waals surface area contributed by atoms with E-state index in [1.165, 1.54) is 7.11 Å². The first-order valence-electron chi connectivity index (χ1n) is 6.56. The summed E-state index contributed by atoms with van der Waals surface area (Å²) in [5.74, 6) is -2.06. The predicted octanol–water partition coefficient (Wildman–Crippen LogP) is 0.995. The number of ether oxygens (including phenoxy) is 1. The van der Waals surface area contributed by atoms with E-state index in [9.17, 15) is 18.3 Å². The summed E-state index contributed by atoms with van der Waals surface area (Å²) in [5.41, 5.74) is 0. The van der Waals surface area contributed by atoms with Gasteiger partial charge in [-0.25, -0.2) is 0 Å². The average Bonchev–Trinajstić information content (AvgIpc) is 2.38. The maximum Gasteiger partial charge on any atom is 0.311 e. The molecule has 0 heterocycles. The van der Waals surface area contributed by atoms with Crippen LogP contribution in [0.15, 0.2) is 0 Å². The van der Waals surface area contributed by atoms with Crippen LogP contribution in [0.3, 0.4) is 0 Å². The Bertz CT molecular complexity index is 385. The predicted molar refractivity (Wildman–Crippen MR) is 69.1 cm³/mol. The molecule has 2 unspecified atom stereocenters. The Morgan fingerprint density at radius 3 is 2.37 bits per heavy atom. The summed E-state index contributed by atoms with van der Waals surface area (Å²) in [6.45, 7) is 0. The number of hydrogen-bond donors (Lipinski definition) is 2. The lowest BCUT2D eigenvalue weighted by Crippen LogP contribution is -2.37. The minimum Gasteiger partial charge on any atom is -0.469 e. The fourth-order valence-electron chi connectivity index (χ4n) is 2.66. The van der Waals surface area contributed by atoms with E-state index in [0.29, 0.717) is 0 Å². The van der Waals surface area contributed by atoms with E-state index in [4.69, 9.17) is 4.55 Å². The van der Waals surface area contributed by atoms with E-state index >= 15 is 0 Å². The van der Waals surface area contributed by atoms with Crippen molar-refractivity contribution in [1.82, 2.24) is 0 Å². The fraction of sp³-hybridized carbons (Fsp3) is 0.917. The number of carbonyl (C=O) groups excluding carboxylic acids is 1. The van der Waals surface area contributed by atoms with Gasteiger partial charge in [-0.05, 0) is 25.2 Å². The quantitative estimate of drug-likeness (QED) is 0.560. The molecule has 0 aromatic heterocycles. The number of hydrogen-bond acceptors (Lipinski definition) is 5. The van der Waals surface area contributed by atoms with Crippen molar-refractivity contribution in [3.8, 4) is 0 Å². The second-order valence-corrected chi connectivity index (χ2v) is 6.67. The molecule has 19 heavy (non-hydrogen) atoms. The van der Waals surface area contributed by atoms with Crippen LogP contribution in [-0.2, 0) is 19.6 Å². The SMILES string of the molecule is COC(=O)C(CCS(=O)(=O)O)C(O)C1CCCCC1. The van der Waals surface area contributed by atoms with Crippen molar-refractivity contribution in [3.05, 3.63) is 0 Å². The first-order chi connectivity index (χ1) is 8.85. The van der Waals surface area contributed by atoms with Crippen LogP contribution >= 0.6 is 0 Å². The van der Waals surface area contributed by atoms with Crippen LogP contribution in [0.1, 0.15) is 38.5 Å². The molecule has 1 aliphatic carbocycles. The molecular weight excluding hydrogens is 272 g/mol. The van der Waals surface area contributed by atoms with Crippen LogP contribution in [-0.4, -0.2) is 43.0 Å². The van der Waals surface area contributed by atoms with Gasteiger partial charge < -0.3 is 9.84 Å². The Labute approximate surface area is 113 Å². The van der Waals surface area contributed by atoms with Crippen molar-refractivity contribution in [1.29, 1.82) is 0 Å². The van der Waals surface area contributed by atoms with E-state index in [1.54, 1.807) is 0 Å². The fourth-order valence-corrected chi connectivity index (χ4v) is 3.21. The molecule has 0 aromatic rings. The average molecular weight is 294 g/mol. The van der Waals surface area contributed by atoms with Gasteiger partial charge in [0.05, 0.1) is 24.9 Å². The lowest BCUT2D eigenvalue weighted by molar-refractivity contribution is -0.151. The topological polar surface area (TPSA) is 101 Å². The molecule has 1 rings (SSSR count). The van der Waals surface area contributed by atoms with Gasteiger partial charge in [0.2, 0.25) is 0 Å². The van der Waals surface area contributed by atoms with E-state index in [1.807, 2.05) is 0 Å². The standard InChI is InChI=1S/C12H22O6S/c1-18-12(14)10(7-8-19(15,16)17)11(13)9-5-3-2-4-6-9/h9-11,13H,2-8H2,1H3,(H,15,16,17). The van der Waals surface area contributed by atoms with Crippen molar-refractivity contribution < 1.29 is 27.6 Å². The summed E-state index contributed by atoms with van der Waals surface area (Å²) >= 11 is 0. The van der Waals surface area contributed by atoms with Crippen LogP contribution < -0.4 is 0 Å². The summed E-state index contributed by atoms with van der Waals surface area (Å²) in [4.78, 5) is 11.7. The summed E-state index contributed by atoms with van der Waals surface area (Å²) < 4.78 is 34.9. The van der Waals surface area contributed by atoms with Crippen molar-refractivity contribution in [2.75, 3.05) is 12.9 Å². The third-order valence-electron chi connectivity index (χ3n) is 3.74. The van der Waals surface area contributed by atoms with Crippen LogP contribution in [0.2, 0.25) is 0 Å². The number of aliphatic hydroxyl groups is 1. The molecule has 1 saturated carbocycles. The Kier molecular flexibility index (Phi) is 6.22. The molecule has 7 heteroatoms. The zero-order valence-electron chi connectivity index (χ0n) is 11.1. The van der Waals surface area contributed by atoms with Crippen LogP contribution in [0, 0.1) is 11.8 Å². The van der Waals surface area contributed by atoms with Gasteiger partial charge in [-0.15, -0.1) is 0 Å². The van der Waals surface area contributed by atoms with Gasteiger partial charge in [-0.2, -0.15) is 8.42 Å². The zero-order valence-corrected chi connectivity index (χ0v) is 11.9. The summed E-state index contributed by atoms with van der Waals surface area (Å²) in [6, 6.07) is 0. The third kappa shape index (κ3) is 5.46. The Morgan fingerprint density at radius 2 is 1.89 bits per heavy atom. The van der Waals surface area contributed by atoms with Gasteiger partial charge >= 0.3 is 5.97 Å². The highest BCUT2D eigenvalue weighted by Gasteiger charge is 2.34. The van der Waals surface area contributed by atoms with E-state index in [0.717, 1.165) is 32.1 Å². The normalized spacial score (nSPS) is 20.8. The molecule has 2 N–H and O–H groups in total. The van der Waals surface area contributed by atoms with Crippen molar-refractivity contribution >= 4 is 16.1 Å². The van der Waals surface area contributed by atoms with Gasteiger partial charge in [-0.1, -0.05) is 19.3 Å². The molecule has 0 spiro atoms. The molecule has 0 aromatic carbocycles. The van der Waals surface area contributed by atoms with Gasteiger partial charge in [0, 0.05) is 0 Å². The lowest BCUT2D eigenvalue weighted by atomic mass is 9.79. The van der Waals surface area contributed by atoms with E-state index in [-0.39, 0.29) is 12.3 Å². The van der Waals surface area contributed by atoms with Gasteiger partial charge in [0.15, 0.2) is 0 Å². The molecule has 1 fully saturated rings. The van der Waals surface area contributed by atoms with Crippen molar-refractivity contribution in [2.24, 2.45) is 11.8 Å². The highest BCUT2D eigenvalue weighted by molar-refractivity contribution is 7.85. The largest absolute Gasteiger partial charge is 0.469 e. The minimum atomic E-state index is -4.14. The van der Waals surface area contributed by atoms with Crippen LogP contribution in [0.25, 0.3) is 0 Å². The maximum atomic E-state index is 11.7. The molecule has 2 atom stereocenters. The van der Waals surface area contributed by atoms with Crippen LogP contribution in [0.4, 0.5) is 0 Å². The molecule has 0 amide bonds. The minimum absolute atomic E-state index is 0.000697. The molecule has 0 aliphatic heterocycles. The van der Waals surface area contributed by atoms with E-state index in [2.05, 4.69) is 4.74 Å². The molecule has 0 bridgehead atoms. The van der Waals surface area contributed by atoms with Crippen molar-refractivity contribution in [2.45, 2.75) is 44.6 Å². The van der Waals surface area contributed by atoms with Crippen LogP contribution in [0.5, 0.6) is 0 Å². The second-order valence-electron chi connectivity index (χ2n) is 5.09. The Hall–Kier alpha value is -0.660. The molecule has 0 saturated heterocycles. The maximum absolute atomic E-state index is 11.7. The Balaban J connectivity index is 2.68. The summed E-state index contributed by atoms with van der Waals surface area (Å²) in [7, 11) is -2.94. The van der Waals surface area contributed by atoms with Gasteiger partial charge in [-0.3, -0.25) is 9.35 Å². The zero-order chi connectivity index (χ0) is 14.5. The molecule has 0 radical (unpaired) electrons. The van der Waals surface area contributed by atoms with Crippen molar-refractivity contribution in [3.63, 3.8) is 0 Å². The first-order valence-corrected chi connectivity index (χ1v) is 8.17. The first kappa shape index (κ1) is 16.4. The van der Waals surface area contributed by atoms with E-state index < -0.39 is 33.9 Å². The number of esters is 1. The highest BCUT2D eigenvalue weighted by Crippen LogP contribution is 2.31. The molecular formula is C12H22O6S.